The van der Waals surface area contributed by atoms with Gasteiger partial charge in [0.25, 0.3) is 0 Å². The molecule has 20 heavy (non-hydrogen) atoms. The molecule has 1 N–H and O–H groups in total. The minimum absolute atomic E-state index is 0.0475. The Hall–Kier alpha value is -2.29. The molecule has 0 aliphatic heterocycles. The predicted octanol–water partition coefficient (Wildman–Crippen LogP) is 3.64. The van der Waals surface area contributed by atoms with Gasteiger partial charge in [0, 0.05) is 11.1 Å². The quantitative estimate of drug-likeness (QED) is 0.863. The van der Waals surface area contributed by atoms with Gasteiger partial charge in [0.15, 0.2) is 5.78 Å². The summed E-state index contributed by atoms with van der Waals surface area (Å²) in [5, 5.41) is 9.28. The first-order valence-electron chi connectivity index (χ1n) is 6.60. The third-order valence-corrected chi connectivity index (χ3v) is 3.20. The lowest BCUT2D eigenvalue weighted by Gasteiger charge is -2.12. The van der Waals surface area contributed by atoms with Gasteiger partial charge >= 0.3 is 0 Å². The fourth-order valence-corrected chi connectivity index (χ4v) is 2.11. The van der Waals surface area contributed by atoms with Crippen molar-refractivity contribution in [3.05, 3.63) is 58.7 Å². The zero-order valence-electron chi connectivity index (χ0n) is 11.9. The molecular formula is C17H18O3. The third-order valence-electron chi connectivity index (χ3n) is 3.20. The van der Waals surface area contributed by atoms with Crippen LogP contribution in [0, 0.1) is 13.8 Å². The van der Waals surface area contributed by atoms with Gasteiger partial charge in [-0.25, -0.2) is 0 Å². The Morgan fingerprint density at radius 1 is 1.10 bits per heavy atom. The highest BCUT2D eigenvalue weighted by atomic mass is 16.5. The topological polar surface area (TPSA) is 46.5 Å². The number of aromatic hydroxyl groups is 1. The molecule has 0 radical (unpaired) electrons. The van der Waals surface area contributed by atoms with Crippen molar-refractivity contribution < 1.29 is 14.6 Å². The van der Waals surface area contributed by atoms with Gasteiger partial charge in [-0.3, -0.25) is 4.79 Å². The number of hydrogen-bond donors (Lipinski definition) is 1. The van der Waals surface area contributed by atoms with Crippen LogP contribution in [0.4, 0.5) is 0 Å². The Morgan fingerprint density at radius 3 is 2.35 bits per heavy atom. The first-order valence-corrected chi connectivity index (χ1v) is 6.60. The molecule has 0 spiro atoms. The molecule has 3 nitrogen and oxygen atoms in total. The smallest absolute Gasteiger partial charge is 0.193 e. The van der Waals surface area contributed by atoms with Crippen molar-refractivity contribution in [1.29, 1.82) is 0 Å². The average molecular weight is 270 g/mol. The highest BCUT2D eigenvalue weighted by Gasteiger charge is 2.14. The van der Waals surface area contributed by atoms with Gasteiger partial charge in [-0.15, -0.1) is 0 Å². The predicted molar refractivity (Wildman–Crippen MR) is 78.6 cm³/mol. The van der Waals surface area contributed by atoms with E-state index >= 15 is 0 Å². The molecular weight excluding hydrogens is 252 g/mol. The fraction of sp³-hybridized carbons (Fsp3) is 0.235. The van der Waals surface area contributed by atoms with E-state index in [0.717, 1.165) is 16.9 Å². The van der Waals surface area contributed by atoms with E-state index in [1.54, 1.807) is 12.1 Å². The van der Waals surface area contributed by atoms with E-state index in [2.05, 4.69) is 0 Å². The number of benzene rings is 2. The number of rotatable bonds is 4. The summed E-state index contributed by atoms with van der Waals surface area (Å²) in [7, 11) is 0. The Kier molecular flexibility index (Phi) is 4.08. The molecule has 0 amide bonds. The van der Waals surface area contributed by atoms with Gasteiger partial charge in [0.2, 0.25) is 0 Å². The van der Waals surface area contributed by atoms with Crippen molar-refractivity contribution in [1.82, 2.24) is 0 Å². The average Bonchev–Trinajstić information content (AvgIpc) is 2.43. The van der Waals surface area contributed by atoms with Crippen molar-refractivity contribution in [2.24, 2.45) is 0 Å². The molecule has 2 aromatic carbocycles. The van der Waals surface area contributed by atoms with Crippen LogP contribution in [0.2, 0.25) is 0 Å². The highest BCUT2D eigenvalue weighted by molar-refractivity contribution is 6.10. The van der Waals surface area contributed by atoms with Gasteiger partial charge in [0.1, 0.15) is 11.5 Å². The van der Waals surface area contributed by atoms with Gasteiger partial charge in [-0.2, -0.15) is 0 Å². The molecule has 2 aromatic rings. The SMILES string of the molecule is CCOc1cc(C)c(C(=O)c2ccc(O)cc2)cc1C. The Bertz CT molecular complexity index is 627. The van der Waals surface area contributed by atoms with Crippen LogP contribution in [-0.2, 0) is 0 Å². The summed E-state index contributed by atoms with van der Waals surface area (Å²) in [6.45, 7) is 6.36. The Morgan fingerprint density at radius 2 is 1.75 bits per heavy atom. The lowest BCUT2D eigenvalue weighted by atomic mass is 9.96. The maximum atomic E-state index is 12.5. The van der Waals surface area contributed by atoms with Crippen LogP contribution in [0.1, 0.15) is 34.0 Å². The molecule has 3 heteroatoms. The van der Waals surface area contributed by atoms with Gasteiger partial charge in [-0.1, -0.05) is 0 Å². The highest BCUT2D eigenvalue weighted by Crippen LogP contribution is 2.25. The van der Waals surface area contributed by atoms with Crippen LogP contribution >= 0.6 is 0 Å². The molecule has 0 aliphatic carbocycles. The number of ether oxygens (including phenoxy) is 1. The number of ketones is 1. The maximum absolute atomic E-state index is 12.5. The lowest BCUT2D eigenvalue weighted by Crippen LogP contribution is -2.05. The van der Waals surface area contributed by atoms with Crippen molar-refractivity contribution in [3.63, 3.8) is 0 Å². The molecule has 0 aromatic heterocycles. The monoisotopic (exact) mass is 270 g/mol. The standard InChI is InChI=1S/C17H18O3/c1-4-20-16-10-11(2)15(9-12(16)3)17(19)13-5-7-14(18)8-6-13/h5-10,18H,4H2,1-3H3. The van der Waals surface area contributed by atoms with E-state index in [4.69, 9.17) is 4.74 Å². The Labute approximate surface area is 118 Å². The molecule has 0 unspecified atom stereocenters. The van der Waals surface area contributed by atoms with E-state index in [0.29, 0.717) is 17.7 Å². The summed E-state index contributed by atoms with van der Waals surface area (Å²) in [6.07, 6.45) is 0. The number of aryl methyl sites for hydroxylation is 2. The number of hydrogen-bond acceptors (Lipinski definition) is 3. The number of carbonyl (C=O) groups excluding carboxylic acids is 1. The minimum Gasteiger partial charge on any atom is -0.508 e. The summed E-state index contributed by atoms with van der Waals surface area (Å²) in [4.78, 5) is 12.5. The largest absolute Gasteiger partial charge is 0.508 e. The Balaban J connectivity index is 2.40. The second-order valence-electron chi connectivity index (χ2n) is 4.74. The van der Waals surface area contributed by atoms with Gasteiger partial charge in [0.05, 0.1) is 6.61 Å². The van der Waals surface area contributed by atoms with Crippen molar-refractivity contribution in [3.8, 4) is 11.5 Å². The van der Waals surface area contributed by atoms with Crippen LogP contribution in [0.5, 0.6) is 11.5 Å². The normalized spacial score (nSPS) is 10.3. The second-order valence-corrected chi connectivity index (χ2v) is 4.74. The lowest BCUT2D eigenvalue weighted by molar-refractivity contribution is 0.103. The van der Waals surface area contributed by atoms with Crippen LogP contribution < -0.4 is 4.74 Å². The van der Waals surface area contributed by atoms with Gasteiger partial charge in [-0.05, 0) is 68.3 Å². The third kappa shape index (κ3) is 2.82. The zero-order chi connectivity index (χ0) is 14.7. The van der Waals surface area contributed by atoms with Crippen molar-refractivity contribution in [2.75, 3.05) is 6.61 Å². The molecule has 0 saturated heterocycles. The summed E-state index contributed by atoms with van der Waals surface area (Å²) in [6, 6.07) is 10.0. The van der Waals surface area contributed by atoms with Crippen molar-refractivity contribution >= 4 is 5.78 Å². The second kappa shape index (κ2) is 5.78. The minimum atomic E-state index is -0.0475. The van der Waals surface area contributed by atoms with Crippen LogP contribution in [0.15, 0.2) is 36.4 Å². The molecule has 0 bridgehead atoms. The molecule has 0 heterocycles. The summed E-state index contributed by atoms with van der Waals surface area (Å²) in [5.74, 6) is 0.919. The molecule has 104 valence electrons. The zero-order valence-corrected chi connectivity index (χ0v) is 11.9. The number of phenols is 1. The molecule has 0 saturated carbocycles. The van der Waals surface area contributed by atoms with E-state index in [1.807, 2.05) is 32.9 Å². The maximum Gasteiger partial charge on any atom is 0.193 e. The fourth-order valence-electron chi connectivity index (χ4n) is 2.11. The first kappa shape index (κ1) is 14.1. The van der Waals surface area contributed by atoms with E-state index in [1.165, 1.54) is 12.1 Å². The summed E-state index contributed by atoms with van der Waals surface area (Å²) in [5.41, 5.74) is 3.06. The van der Waals surface area contributed by atoms with Crippen molar-refractivity contribution in [2.45, 2.75) is 20.8 Å². The number of phenolic OH excluding ortho intramolecular Hbond substituents is 1. The van der Waals surface area contributed by atoms with E-state index in [-0.39, 0.29) is 11.5 Å². The molecule has 0 fully saturated rings. The summed E-state index contributed by atoms with van der Waals surface area (Å²) >= 11 is 0. The molecule has 2 rings (SSSR count). The number of carbonyl (C=O) groups is 1. The van der Waals surface area contributed by atoms with Crippen LogP contribution in [-0.4, -0.2) is 17.5 Å². The van der Waals surface area contributed by atoms with Gasteiger partial charge < -0.3 is 9.84 Å². The molecule has 0 atom stereocenters. The van der Waals surface area contributed by atoms with E-state index in [9.17, 15) is 9.90 Å². The summed E-state index contributed by atoms with van der Waals surface area (Å²) < 4.78 is 5.53. The first-order chi connectivity index (χ1) is 9.52. The molecule has 0 aliphatic rings. The van der Waals surface area contributed by atoms with Crippen LogP contribution in [0.3, 0.4) is 0 Å². The van der Waals surface area contributed by atoms with Crippen LogP contribution in [0.25, 0.3) is 0 Å². The van der Waals surface area contributed by atoms with E-state index < -0.39 is 0 Å².